The molecule has 1 aliphatic heterocycles. The van der Waals surface area contributed by atoms with Gasteiger partial charge in [0.1, 0.15) is 5.75 Å². The van der Waals surface area contributed by atoms with Crippen LogP contribution in [0.25, 0.3) is 11.4 Å². The summed E-state index contributed by atoms with van der Waals surface area (Å²) < 4.78 is 10.5. The molecule has 0 N–H and O–H groups in total. The van der Waals surface area contributed by atoms with Crippen molar-refractivity contribution in [3.63, 3.8) is 0 Å². The van der Waals surface area contributed by atoms with Crippen molar-refractivity contribution in [1.82, 2.24) is 19.2 Å². The van der Waals surface area contributed by atoms with Crippen molar-refractivity contribution in [3.8, 4) is 17.1 Å². The zero-order valence-corrected chi connectivity index (χ0v) is 17.8. The molecule has 4 rings (SSSR count). The highest BCUT2D eigenvalue weighted by atomic mass is 32.1. The van der Waals surface area contributed by atoms with E-state index in [2.05, 4.69) is 34.1 Å². The van der Waals surface area contributed by atoms with E-state index in [9.17, 15) is 0 Å². The van der Waals surface area contributed by atoms with Crippen LogP contribution in [0, 0.1) is 4.77 Å². The third-order valence-corrected chi connectivity index (χ3v) is 5.77. The van der Waals surface area contributed by atoms with Crippen molar-refractivity contribution in [2.45, 2.75) is 13.6 Å². The van der Waals surface area contributed by atoms with Gasteiger partial charge in [0, 0.05) is 38.8 Å². The van der Waals surface area contributed by atoms with Gasteiger partial charge >= 0.3 is 0 Å². The van der Waals surface area contributed by atoms with Crippen LogP contribution in [-0.2, 0) is 13.7 Å². The lowest BCUT2D eigenvalue weighted by molar-refractivity contribution is 0.194. The summed E-state index contributed by atoms with van der Waals surface area (Å²) in [5.74, 6) is 1.86. The van der Waals surface area contributed by atoms with Crippen molar-refractivity contribution in [2.24, 2.45) is 7.05 Å². The van der Waals surface area contributed by atoms with Crippen LogP contribution in [0.2, 0.25) is 0 Å². The Balaban J connectivity index is 1.44. The molecule has 1 saturated heterocycles. The summed E-state index contributed by atoms with van der Waals surface area (Å²) in [6, 6.07) is 18.5. The molecule has 1 fully saturated rings. The van der Waals surface area contributed by atoms with E-state index in [1.165, 1.54) is 5.69 Å². The molecule has 7 heteroatoms. The predicted octanol–water partition coefficient (Wildman–Crippen LogP) is 3.80. The molecule has 29 heavy (non-hydrogen) atoms. The number of anilines is 1. The number of rotatable bonds is 6. The minimum atomic E-state index is 0.679. The van der Waals surface area contributed by atoms with Crippen LogP contribution in [0.15, 0.2) is 54.6 Å². The highest BCUT2D eigenvalue weighted by molar-refractivity contribution is 7.71. The molecule has 0 bridgehead atoms. The van der Waals surface area contributed by atoms with E-state index >= 15 is 0 Å². The number of para-hydroxylation sites is 2. The summed E-state index contributed by atoms with van der Waals surface area (Å²) >= 11 is 5.64. The van der Waals surface area contributed by atoms with Crippen molar-refractivity contribution in [1.29, 1.82) is 0 Å². The van der Waals surface area contributed by atoms with Gasteiger partial charge in [0.25, 0.3) is 0 Å². The Hall–Kier alpha value is -2.64. The van der Waals surface area contributed by atoms with Gasteiger partial charge < -0.3 is 14.2 Å². The predicted molar refractivity (Wildman–Crippen MR) is 119 cm³/mol. The van der Waals surface area contributed by atoms with Gasteiger partial charge in [-0.25, -0.2) is 4.68 Å². The zero-order valence-electron chi connectivity index (χ0n) is 17.0. The Morgan fingerprint density at radius 2 is 1.66 bits per heavy atom. The molecule has 0 amide bonds. The Labute approximate surface area is 176 Å². The van der Waals surface area contributed by atoms with E-state index in [-0.39, 0.29) is 0 Å². The fourth-order valence-corrected chi connectivity index (χ4v) is 3.92. The number of nitrogens with zero attached hydrogens (tertiary/aromatic N) is 5. The van der Waals surface area contributed by atoms with Crippen LogP contribution < -0.4 is 9.64 Å². The molecule has 6 nitrogen and oxygen atoms in total. The van der Waals surface area contributed by atoms with Gasteiger partial charge in [-0.1, -0.05) is 42.5 Å². The van der Waals surface area contributed by atoms with Crippen molar-refractivity contribution >= 4 is 17.9 Å². The van der Waals surface area contributed by atoms with E-state index in [1.54, 1.807) is 0 Å². The molecule has 0 atom stereocenters. The average molecular weight is 410 g/mol. The summed E-state index contributed by atoms with van der Waals surface area (Å²) in [4.78, 5) is 4.80. The third-order valence-electron chi connectivity index (χ3n) is 5.28. The smallest absolute Gasteiger partial charge is 0.199 e. The lowest BCUT2D eigenvalue weighted by Gasteiger charge is -2.36. The summed E-state index contributed by atoms with van der Waals surface area (Å²) in [7, 11) is 1.98. The first-order chi connectivity index (χ1) is 14.2. The second-order valence-corrected chi connectivity index (χ2v) is 7.54. The maximum atomic E-state index is 5.80. The molecule has 1 aromatic heterocycles. The SMILES string of the molecule is CCOc1ccccc1N1CCN(Cn2nc(-c3ccccc3)n(C)c2=S)CC1. The normalized spacial score (nSPS) is 14.9. The molecule has 152 valence electrons. The van der Waals surface area contributed by atoms with Crippen LogP contribution in [0.4, 0.5) is 5.69 Å². The fraction of sp³-hybridized carbons (Fsp3) is 0.364. The monoisotopic (exact) mass is 409 g/mol. The molecule has 0 spiro atoms. The zero-order chi connectivity index (χ0) is 20.2. The molecular weight excluding hydrogens is 382 g/mol. The van der Waals surface area contributed by atoms with E-state index in [0.717, 1.165) is 48.1 Å². The first kappa shape index (κ1) is 19.7. The van der Waals surface area contributed by atoms with Gasteiger partial charge in [-0.3, -0.25) is 4.90 Å². The van der Waals surface area contributed by atoms with Gasteiger partial charge in [0.15, 0.2) is 10.6 Å². The summed E-state index contributed by atoms with van der Waals surface area (Å²) in [6.45, 7) is 7.23. The van der Waals surface area contributed by atoms with Crippen LogP contribution in [0.5, 0.6) is 5.75 Å². The molecule has 0 saturated carbocycles. The van der Waals surface area contributed by atoms with Crippen LogP contribution in [-0.4, -0.2) is 52.0 Å². The Morgan fingerprint density at radius 3 is 2.38 bits per heavy atom. The number of ether oxygens (including phenoxy) is 1. The molecule has 1 aliphatic rings. The molecule has 3 aromatic rings. The Bertz CT molecular complexity index is 1010. The molecule has 0 aliphatic carbocycles. The van der Waals surface area contributed by atoms with Crippen LogP contribution in [0.3, 0.4) is 0 Å². The second-order valence-electron chi connectivity index (χ2n) is 7.18. The Kier molecular flexibility index (Phi) is 5.97. The minimum absolute atomic E-state index is 0.679. The molecule has 0 unspecified atom stereocenters. The first-order valence-electron chi connectivity index (χ1n) is 10.1. The van der Waals surface area contributed by atoms with E-state index in [1.807, 2.05) is 53.6 Å². The molecule has 2 heterocycles. The van der Waals surface area contributed by atoms with Crippen molar-refractivity contribution in [3.05, 3.63) is 59.4 Å². The van der Waals surface area contributed by atoms with Crippen molar-refractivity contribution < 1.29 is 4.74 Å². The maximum absolute atomic E-state index is 5.80. The summed E-state index contributed by atoms with van der Waals surface area (Å²) in [6.07, 6.45) is 0. The number of benzene rings is 2. The lowest BCUT2D eigenvalue weighted by atomic mass is 10.2. The average Bonchev–Trinajstić information content (AvgIpc) is 3.04. The topological polar surface area (TPSA) is 38.5 Å². The van der Waals surface area contributed by atoms with Crippen LogP contribution >= 0.6 is 12.2 Å². The quantitative estimate of drug-likeness (QED) is 0.579. The number of hydrogen-bond acceptors (Lipinski definition) is 5. The largest absolute Gasteiger partial charge is 0.492 e. The van der Waals surface area contributed by atoms with E-state index in [4.69, 9.17) is 22.1 Å². The number of aromatic nitrogens is 3. The standard InChI is InChI=1S/C22H27N5OS/c1-3-28-20-12-8-7-11-19(20)26-15-13-25(14-16-26)17-27-22(29)24(2)21(23-27)18-9-5-4-6-10-18/h4-12H,3,13-17H2,1-2H3. The van der Waals surface area contributed by atoms with Crippen LogP contribution in [0.1, 0.15) is 6.92 Å². The highest BCUT2D eigenvalue weighted by Gasteiger charge is 2.21. The molecular formula is C22H27N5OS. The van der Waals surface area contributed by atoms with Gasteiger partial charge in [0.2, 0.25) is 0 Å². The van der Waals surface area contributed by atoms with Gasteiger partial charge in [-0.05, 0) is 31.3 Å². The number of piperazine rings is 1. The van der Waals surface area contributed by atoms with Gasteiger partial charge in [-0.2, -0.15) is 5.10 Å². The summed E-state index contributed by atoms with van der Waals surface area (Å²) in [5.41, 5.74) is 2.26. The molecule has 2 aromatic carbocycles. The van der Waals surface area contributed by atoms with Gasteiger partial charge in [0.05, 0.1) is 19.0 Å². The van der Waals surface area contributed by atoms with E-state index < -0.39 is 0 Å². The van der Waals surface area contributed by atoms with Crippen molar-refractivity contribution in [2.75, 3.05) is 37.7 Å². The molecule has 0 radical (unpaired) electrons. The Morgan fingerprint density at radius 1 is 0.966 bits per heavy atom. The second kappa shape index (κ2) is 8.80. The maximum Gasteiger partial charge on any atom is 0.199 e. The number of hydrogen-bond donors (Lipinski definition) is 0. The third kappa shape index (κ3) is 4.21. The van der Waals surface area contributed by atoms with Gasteiger partial charge in [-0.15, -0.1) is 0 Å². The minimum Gasteiger partial charge on any atom is -0.492 e. The summed E-state index contributed by atoms with van der Waals surface area (Å²) in [5, 5.41) is 4.79. The highest BCUT2D eigenvalue weighted by Crippen LogP contribution is 2.29. The fourth-order valence-electron chi connectivity index (χ4n) is 3.73. The lowest BCUT2D eigenvalue weighted by Crippen LogP contribution is -2.47. The first-order valence-corrected chi connectivity index (χ1v) is 10.5. The van der Waals surface area contributed by atoms with E-state index in [0.29, 0.717) is 13.3 Å².